The number of aromatic nitrogens is 2. The molecule has 0 radical (unpaired) electrons. The van der Waals surface area contributed by atoms with Crippen LogP contribution >= 0.6 is 0 Å². The molecule has 0 spiro atoms. The van der Waals surface area contributed by atoms with Crippen molar-refractivity contribution in [3.63, 3.8) is 0 Å². The van der Waals surface area contributed by atoms with Crippen LogP contribution in [0.4, 0.5) is 5.69 Å². The molecule has 4 rings (SSSR count). The highest BCUT2D eigenvalue weighted by Gasteiger charge is 2.34. The Morgan fingerprint density at radius 1 is 1.21 bits per heavy atom. The van der Waals surface area contributed by atoms with Crippen molar-refractivity contribution in [1.82, 2.24) is 14.7 Å². The predicted octanol–water partition coefficient (Wildman–Crippen LogP) is 2.77. The highest BCUT2D eigenvalue weighted by atomic mass is 16.2. The van der Waals surface area contributed by atoms with E-state index in [0.29, 0.717) is 19.0 Å². The van der Waals surface area contributed by atoms with E-state index in [0.717, 1.165) is 43.7 Å². The first-order valence-corrected chi connectivity index (χ1v) is 10.8. The van der Waals surface area contributed by atoms with Crippen molar-refractivity contribution in [2.75, 3.05) is 31.1 Å². The number of carbonyl (C=O) groups is 1. The molecule has 6 heteroatoms. The Labute approximate surface area is 172 Å². The quantitative estimate of drug-likeness (QED) is 0.691. The minimum atomic E-state index is -0.109. The van der Waals surface area contributed by atoms with Crippen LogP contribution in [0.25, 0.3) is 0 Å². The summed E-state index contributed by atoms with van der Waals surface area (Å²) in [5.74, 6) is 1.02. The number of anilines is 1. The van der Waals surface area contributed by atoms with Gasteiger partial charge in [-0.25, -0.2) is 4.68 Å². The zero-order chi connectivity index (χ0) is 20.2. The molecule has 0 N–H and O–H groups in total. The van der Waals surface area contributed by atoms with Crippen LogP contribution in [-0.2, 0) is 11.3 Å². The van der Waals surface area contributed by atoms with Gasteiger partial charge in [-0.15, -0.1) is 0 Å². The summed E-state index contributed by atoms with van der Waals surface area (Å²) in [6, 6.07) is 11.5. The third-order valence-electron chi connectivity index (χ3n) is 5.91. The van der Waals surface area contributed by atoms with E-state index in [4.69, 9.17) is 0 Å². The molecule has 29 heavy (non-hydrogen) atoms. The predicted molar refractivity (Wildman–Crippen MR) is 114 cm³/mol. The van der Waals surface area contributed by atoms with Crippen LogP contribution in [0, 0.1) is 11.8 Å². The number of carbonyl (C=O) groups excluding carboxylic acids is 1. The maximum atomic E-state index is 13.0. The van der Waals surface area contributed by atoms with Gasteiger partial charge in [0.25, 0.3) is 5.56 Å². The Kier molecular flexibility index (Phi) is 5.97. The lowest BCUT2D eigenvalue weighted by atomic mass is 10.1. The van der Waals surface area contributed by atoms with Crippen molar-refractivity contribution in [2.24, 2.45) is 11.8 Å². The van der Waals surface area contributed by atoms with Gasteiger partial charge >= 0.3 is 0 Å². The number of benzene rings is 1. The Hall–Kier alpha value is -2.63. The molecule has 1 saturated heterocycles. The Morgan fingerprint density at radius 2 is 2.00 bits per heavy atom. The van der Waals surface area contributed by atoms with Crippen LogP contribution < -0.4 is 10.5 Å². The molecule has 2 fully saturated rings. The van der Waals surface area contributed by atoms with E-state index in [2.05, 4.69) is 21.8 Å². The first-order chi connectivity index (χ1) is 14.1. The molecule has 1 aliphatic carbocycles. The number of rotatable bonds is 8. The molecular formula is C23H30N4O2. The van der Waals surface area contributed by atoms with Crippen molar-refractivity contribution < 1.29 is 4.79 Å². The van der Waals surface area contributed by atoms with Crippen LogP contribution in [-0.4, -0.2) is 46.8 Å². The Balaban J connectivity index is 1.40. The standard InChI is InChI=1S/C23H30N4O2/c1-2-11-26(15-19-8-9-19)23(29)20-10-12-25(17-20)21-13-22(28)27(24-14-21)16-18-6-4-3-5-7-18/h3-7,13-14,19-20H,2,8-12,15-17H2,1H3. The molecular weight excluding hydrogens is 364 g/mol. The summed E-state index contributed by atoms with van der Waals surface area (Å²) >= 11 is 0. The summed E-state index contributed by atoms with van der Waals surface area (Å²) in [5, 5.41) is 4.37. The normalized spacial score (nSPS) is 18.8. The van der Waals surface area contributed by atoms with E-state index >= 15 is 0 Å². The smallest absolute Gasteiger partial charge is 0.269 e. The lowest BCUT2D eigenvalue weighted by Crippen LogP contribution is -2.39. The molecule has 1 aliphatic heterocycles. The largest absolute Gasteiger partial charge is 0.369 e. The monoisotopic (exact) mass is 394 g/mol. The van der Waals surface area contributed by atoms with E-state index < -0.39 is 0 Å². The second-order valence-corrected chi connectivity index (χ2v) is 8.35. The molecule has 1 unspecified atom stereocenters. The van der Waals surface area contributed by atoms with Gasteiger partial charge in [0.2, 0.25) is 5.91 Å². The maximum absolute atomic E-state index is 13.0. The number of nitrogens with zero attached hydrogens (tertiary/aromatic N) is 4. The first-order valence-electron chi connectivity index (χ1n) is 10.8. The maximum Gasteiger partial charge on any atom is 0.269 e. The lowest BCUT2D eigenvalue weighted by Gasteiger charge is -2.25. The van der Waals surface area contributed by atoms with Crippen LogP contribution in [0.15, 0.2) is 47.4 Å². The van der Waals surface area contributed by atoms with E-state index in [1.165, 1.54) is 17.5 Å². The van der Waals surface area contributed by atoms with Gasteiger partial charge in [-0.1, -0.05) is 37.3 Å². The topological polar surface area (TPSA) is 58.4 Å². The second-order valence-electron chi connectivity index (χ2n) is 8.35. The third-order valence-corrected chi connectivity index (χ3v) is 5.91. The van der Waals surface area contributed by atoms with Crippen LogP contribution in [0.1, 0.15) is 38.2 Å². The summed E-state index contributed by atoms with van der Waals surface area (Å²) in [5.41, 5.74) is 1.76. The van der Waals surface area contributed by atoms with Crippen LogP contribution in [0.3, 0.4) is 0 Å². The fourth-order valence-corrected chi connectivity index (χ4v) is 4.10. The summed E-state index contributed by atoms with van der Waals surface area (Å²) in [6.07, 6.45) is 6.12. The van der Waals surface area contributed by atoms with E-state index in [9.17, 15) is 9.59 Å². The van der Waals surface area contributed by atoms with Crippen LogP contribution in [0.5, 0.6) is 0 Å². The van der Waals surface area contributed by atoms with Gasteiger partial charge < -0.3 is 9.80 Å². The van der Waals surface area contributed by atoms with Crippen molar-refractivity contribution in [3.8, 4) is 0 Å². The van der Waals surface area contributed by atoms with Gasteiger partial charge in [0.05, 0.1) is 24.3 Å². The van der Waals surface area contributed by atoms with Gasteiger partial charge in [-0.3, -0.25) is 9.59 Å². The average molecular weight is 395 g/mol. The van der Waals surface area contributed by atoms with Gasteiger partial charge in [0, 0.05) is 32.2 Å². The molecule has 1 aromatic carbocycles. The lowest BCUT2D eigenvalue weighted by molar-refractivity contribution is -0.135. The van der Waals surface area contributed by atoms with E-state index in [-0.39, 0.29) is 17.4 Å². The molecule has 6 nitrogen and oxygen atoms in total. The summed E-state index contributed by atoms with van der Waals surface area (Å²) < 4.78 is 1.48. The zero-order valence-electron chi connectivity index (χ0n) is 17.2. The summed E-state index contributed by atoms with van der Waals surface area (Å²) in [6.45, 7) is 5.83. The fraction of sp³-hybridized carbons (Fsp3) is 0.522. The number of hydrogen-bond acceptors (Lipinski definition) is 4. The van der Waals surface area contributed by atoms with Crippen molar-refractivity contribution in [3.05, 3.63) is 58.5 Å². The average Bonchev–Trinajstić information content (AvgIpc) is 3.41. The number of hydrogen-bond donors (Lipinski definition) is 0. The van der Waals surface area contributed by atoms with Gasteiger partial charge in [-0.05, 0) is 37.2 Å². The van der Waals surface area contributed by atoms with Gasteiger partial charge in [0.1, 0.15) is 0 Å². The second kappa shape index (κ2) is 8.80. The van der Waals surface area contributed by atoms with Crippen molar-refractivity contribution in [2.45, 2.75) is 39.2 Å². The Bertz CT molecular complexity index is 891. The zero-order valence-corrected chi connectivity index (χ0v) is 17.2. The SMILES string of the molecule is CCCN(CC1CC1)C(=O)C1CCN(c2cnn(Cc3ccccc3)c(=O)c2)C1. The Morgan fingerprint density at radius 3 is 2.69 bits per heavy atom. The fourth-order valence-electron chi connectivity index (χ4n) is 4.10. The van der Waals surface area contributed by atoms with Gasteiger partial charge in [0.15, 0.2) is 0 Å². The molecule has 1 atom stereocenters. The first kappa shape index (κ1) is 19.7. The number of amides is 1. The van der Waals surface area contributed by atoms with Gasteiger partial charge in [-0.2, -0.15) is 5.10 Å². The molecule has 1 amide bonds. The van der Waals surface area contributed by atoms with Crippen molar-refractivity contribution in [1.29, 1.82) is 0 Å². The van der Waals surface area contributed by atoms with E-state index in [1.807, 2.05) is 30.3 Å². The molecule has 2 heterocycles. The van der Waals surface area contributed by atoms with Crippen molar-refractivity contribution >= 4 is 11.6 Å². The minimum Gasteiger partial charge on any atom is -0.369 e. The molecule has 154 valence electrons. The molecule has 1 saturated carbocycles. The highest BCUT2D eigenvalue weighted by molar-refractivity contribution is 5.80. The molecule has 2 aromatic rings. The summed E-state index contributed by atoms with van der Waals surface area (Å²) in [4.78, 5) is 29.8. The molecule has 0 bridgehead atoms. The molecule has 1 aromatic heterocycles. The summed E-state index contributed by atoms with van der Waals surface area (Å²) in [7, 11) is 0. The van der Waals surface area contributed by atoms with Crippen LogP contribution in [0.2, 0.25) is 0 Å². The minimum absolute atomic E-state index is 0.0204. The highest BCUT2D eigenvalue weighted by Crippen LogP contribution is 2.31. The molecule has 2 aliphatic rings. The third kappa shape index (κ3) is 4.86. The van der Waals surface area contributed by atoms with E-state index in [1.54, 1.807) is 12.3 Å².